The van der Waals surface area contributed by atoms with Gasteiger partial charge >= 0.3 is 0 Å². The summed E-state index contributed by atoms with van der Waals surface area (Å²) >= 11 is 0. The van der Waals surface area contributed by atoms with E-state index in [1.54, 1.807) is 0 Å². The molecule has 0 aromatic carbocycles. The average Bonchev–Trinajstić information content (AvgIpc) is 2.49. The molecule has 0 fully saturated rings. The molecule has 0 heterocycles. The Hall–Kier alpha value is -0.440. The maximum Gasteiger partial charge on any atom is 0.234 e. The fourth-order valence-electron chi connectivity index (χ4n) is 2.14. The van der Waals surface area contributed by atoms with E-state index in [4.69, 9.17) is 9.84 Å². The molecule has 0 aromatic rings. The van der Waals surface area contributed by atoms with Crippen LogP contribution in [0.25, 0.3) is 0 Å². The first-order chi connectivity index (χ1) is 12.6. The van der Waals surface area contributed by atoms with E-state index in [0.717, 1.165) is 6.42 Å². The Morgan fingerprint density at radius 2 is 1.25 bits per heavy atom. The summed E-state index contributed by atoms with van der Waals surface area (Å²) in [5.74, 6) is -0.144. The highest BCUT2D eigenvalue weighted by molar-refractivity contribution is 8.77. The van der Waals surface area contributed by atoms with Crippen LogP contribution in [0.3, 0.4) is 0 Å². The van der Waals surface area contributed by atoms with Crippen molar-refractivity contribution in [2.75, 3.05) is 13.2 Å². The quantitative estimate of drug-likeness (QED) is 0.406. The van der Waals surface area contributed by atoms with E-state index in [2.05, 4.69) is 10.6 Å². The van der Waals surface area contributed by atoms with E-state index in [1.165, 1.54) is 21.6 Å². The minimum absolute atomic E-state index is 0.0251. The topological polar surface area (TPSA) is 87.7 Å². The summed E-state index contributed by atoms with van der Waals surface area (Å²) in [6.07, 6.45) is 1.22. The van der Waals surface area contributed by atoms with Crippen molar-refractivity contribution >= 4 is 33.4 Å². The normalized spacial score (nSPS) is 15.1. The van der Waals surface area contributed by atoms with Crippen LogP contribution in [0.1, 0.15) is 75.2 Å². The average molecular weight is 437 g/mol. The van der Waals surface area contributed by atoms with Crippen LogP contribution in [0.2, 0.25) is 0 Å². The summed E-state index contributed by atoms with van der Waals surface area (Å²) in [7, 11) is 2.78. The largest absolute Gasteiger partial charge is 0.396 e. The Morgan fingerprint density at radius 1 is 0.857 bits per heavy atom. The van der Waals surface area contributed by atoms with Gasteiger partial charge in [-0.05, 0) is 75.2 Å². The zero-order valence-corrected chi connectivity index (χ0v) is 20.6. The van der Waals surface area contributed by atoms with Crippen molar-refractivity contribution in [3.8, 4) is 0 Å². The van der Waals surface area contributed by atoms with Gasteiger partial charge in [-0.2, -0.15) is 0 Å². The highest BCUT2D eigenvalue weighted by Gasteiger charge is 2.27. The Morgan fingerprint density at radius 3 is 1.61 bits per heavy atom. The van der Waals surface area contributed by atoms with E-state index in [0.29, 0.717) is 13.0 Å². The predicted octanol–water partition coefficient (Wildman–Crippen LogP) is 3.52. The zero-order chi connectivity index (χ0) is 22.2. The van der Waals surface area contributed by atoms with Crippen LogP contribution in [0.5, 0.6) is 0 Å². The van der Waals surface area contributed by atoms with Gasteiger partial charge in [-0.1, -0.05) is 21.6 Å². The lowest BCUT2D eigenvalue weighted by atomic mass is 10.0. The summed E-state index contributed by atoms with van der Waals surface area (Å²) in [5, 5.41) is 14.5. The van der Waals surface area contributed by atoms with Crippen LogP contribution in [-0.2, 0) is 14.3 Å². The van der Waals surface area contributed by atoms with Crippen molar-refractivity contribution in [3.63, 3.8) is 0 Å². The second kappa shape index (κ2) is 11.7. The van der Waals surface area contributed by atoms with Crippen LogP contribution in [0.15, 0.2) is 0 Å². The zero-order valence-electron chi connectivity index (χ0n) is 19.0. The Bertz CT molecular complexity index is 505. The van der Waals surface area contributed by atoms with E-state index in [-0.39, 0.29) is 40.1 Å². The molecule has 0 aliphatic rings. The smallest absolute Gasteiger partial charge is 0.234 e. The molecule has 0 saturated carbocycles. The van der Waals surface area contributed by atoms with E-state index in [9.17, 15) is 9.59 Å². The molecule has 0 bridgehead atoms. The Kier molecular flexibility index (Phi) is 11.5. The van der Waals surface area contributed by atoms with Gasteiger partial charge in [0.15, 0.2) is 0 Å². The standard InChI is InChI=1S/C20H40N2O4S2/c1-14(16(24)21-19(6,7)10-12-23)27-28-15(2)17(25)22-20(8,9)11-13-26-18(3,4)5/h14-15,23H,10-13H2,1-9H3,(H,21,24)(H,22,25). The summed E-state index contributed by atoms with van der Waals surface area (Å²) in [6.45, 7) is 18.0. The Balaban J connectivity index is 4.41. The first-order valence-corrected chi connectivity index (χ1v) is 12.1. The van der Waals surface area contributed by atoms with Gasteiger partial charge in [-0.15, -0.1) is 0 Å². The second-order valence-corrected chi connectivity index (χ2v) is 12.4. The number of aliphatic hydroxyl groups excluding tert-OH is 1. The van der Waals surface area contributed by atoms with Gasteiger partial charge in [-0.25, -0.2) is 0 Å². The number of hydrogen-bond donors (Lipinski definition) is 3. The molecule has 0 aliphatic carbocycles. The molecular formula is C20H40N2O4S2. The molecule has 0 spiro atoms. The van der Waals surface area contributed by atoms with Gasteiger partial charge in [0.25, 0.3) is 0 Å². The number of nitrogens with one attached hydrogen (secondary N) is 2. The molecule has 166 valence electrons. The predicted molar refractivity (Wildman–Crippen MR) is 121 cm³/mol. The molecule has 2 amide bonds. The molecular weight excluding hydrogens is 396 g/mol. The fourth-order valence-corrected chi connectivity index (χ4v) is 4.29. The molecule has 8 heteroatoms. The number of ether oxygens (including phenoxy) is 1. The molecule has 2 atom stereocenters. The molecule has 0 rings (SSSR count). The number of amides is 2. The van der Waals surface area contributed by atoms with Crippen LogP contribution in [-0.4, -0.2) is 57.3 Å². The van der Waals surface area contributed by atoms with Gasteiger partial charge in [-0.3, -0.25) is 9.59 Å². The third kappa shape index (κ3) is 12.9. The number of aliphatic hydroxyl groups is 1. The maximum atomic E-state index is 12.5. The summed E-state index contributed by atoms with van der Waals surface area (Å²) in [6, 6.07) is 0. The molecule has 2 unspecified atom stereocenters. The van der Waals surface area contributed by atoms with Crippen LogP contribution >= 0.6 is 21.6 Å². The summed E-state index contributed by atoms with van der Waals surface area (Å²) in [4.78, 5) is 24.8. The van der Waals surface area contributed by atoms with Crippen molar-refractivity contribution in [2.24, 2.45) is 0 Å². The van der Waals surface area contributed by atoms with Crippen molar-refractivity contribution < 1.29 is 19.4 Å². The van der Waals surface area contributed by atoms with E-state index < -0.39 is 5.54 Å². The van der Waals surface area contributed by atoms with Crippen LogP contribution in [0.4, 0.5) is 0 Å². The monoisotopic (exact) mass is 436 g/mol. The molecule has 3 N–H and O–H groups in total. The van der Waals surface area contributed by atoms with Crippen molar-refractivity contribution in [2.45, 2.75) is 102 Å². The molecule has 0 aliphatic heterocycles. The highest BCUT2D eigenvalue weighted by atomic mass is 33.1. The highest BCUT2D eigenvalue weighted by Crippen LogP contribution is 2.32. The van der Waals surface area contributed by atoms with Crippen molar-refractivity contribution in [3.05, 3.63) is 0 Å². The lowest BCUT2D eigenvalue weighted by Crippen LogP contribution is -2.48. The summed E-state index contributed by atoms with van der Waals surface area (Å²) in [5.41, 5.74) is -1.01. The third-order valence-electron chi connectivity index (χ3n) is 4.00. The van der Waals surface area contributed by atoms with Crippen molar-refractivity contribution in [1.82, 2.24) is 10.6 Å². The van der Waals surface area contributed by atoms with Gasteiger partial charge in [0.1, 0.15) is 0 Å². The fraction of sp³-hybridized carbons (Fsp3) is 0.900. The summed E-state index contributed by atoms with van der Waals surface area (Å²) < 4.78 is 5.75. The van der Waals surface area contributed by atoms with E-state index in [1.807, 2.05) is 62.3 Å². The first kappa shape index (κ1) is 27.6. The van der Waals surface area contributed by atoms with Crippen LogP contribution in [0, 0.1) is 0 Å². The first-order valence-electron chi connectivity index (χ1n) is 9.79. The number of carbonyl (C=O) groups is 2. The maximum absolute atomic E-state index is 12.5. The van der Waals surface area contributed by atoms with Gasteiger partial charge in [0.2, 0.25) is 11.8 Å². The minimum Gasteiger partial charge on any atom is -0.396 e. The molecule has 0 saturated heterocycles. The number of carbonyl (C=O) groups excluding carboxylic acids is 2. The molecule has 0 aromatic heterocycles. The van der Waals surface area contributed by atoms with Gasteiger partial charge in [0.05, 0.1) is 16.1 Å². The molecule has 28 heavy (non-hydrogen) atoms. The lowest BCUT2D eigenvalue weighted by Gasteiger charge is -2.30. The minimum atomic E-state index is -0.451. The molecule has 0 radical (unpaired) electrons. The van der Waals surface area contributed by atoms with Crippen LogP contribution < -0.4 is 10.6 Å². The lowest BCUT2D eigenvalue weighted by molar-refractivity contribution is -0.123. The SMILES string of the molecule is CC(SSC(C)C(=O)NC(C)(C)CCOC(C)(C)C)C(=O)NC(C)(C)CCO. The number of hydrogen-bond acceptors (Lipinski definition) is 6. The number of rotatable bonds is 12. The second-order valence-electron chi connectivity index (χ2n) is 9.41. The van der Waals surface area contributed by atoms with Crippen molar-refractivity contribution in [1.29, 1.82) is 0 Å². The van der Waals surface area contributed by atoms with Gasteiger partial charge < -0.3 is 20.5 Å². The van der Waals surface area contributed by atoms with E-state index >= 15 is 0 Å². The third-order valence-corrected chi connectivity index (χ3v) is 7.19. The molecule has 6 nitrogen and oxygen atoms in total. The van der Waals surface area contributed by atoms with Gasteiger partial charge in [0, 0.05) is 24.3 Å². The Labute approximate surface area is 179 Å².